The van der Waals surface area contributed by atoms with Gasteiger partial charge in [-0.25, -0.2) is 8.42 Å². The molecule has 2 heterocycles. The van der Waals surface area contributed by atoms with E-state index < -0.39 is 9.84 Å². The molecule has 2 aliphatic rings. The van der Waals surface area contributed by atoms with E-state index in [1.54, 1.807) is 32.4 Å². The first-order valence-electron chi connectivity index (χ1n) is 8.33. The van der Waals surface area contributed by atoms with Crippen molar-refractivity contribution in [3.8, 4) is 11.5 Å². The molecule has 0 N–H and O–H groups in total. The van der Waals surface area contributed by atoms with Gasteiger partial charge in [-0.05, 0) is 24.6 Å². The molecule has 1 amide bonds. The molecule has 2 atom stereocenters. The van der Waals surface area contributed by atoms with E-state index in [9.17, 15) is 13.2 Å². The second-order valence-corrected chi connectivity index (χ2v) is 9.60. The van der Waals surface area contributed by atoms with Crippen LogP contribution in [0.25, 0.3) is 0 Å². The molecule has 0 bridgehead atoms. The number of hydrogen-bond acceptors (Lipinski definition) is 6. The first-order chi connectivity index (χ1) is 12.4. The Morgan fingerprint density at radius 1 is 1.27 bits per heavy atom. The van der Waals surface area contributed by atoms with Gasteiger partial charge >= 0.3 is 0 Å². The number of carbonyl (C=O) groups is 1. The van der Waals surface area contributed by atoms with Crippen LogP contribution in [0.15, 0.2) is 23.2 Å². The maximum absolute atomic E-state index is 12.4. The molecule has 3 rings (SSSR count). The molecule has 0 aliphatic carbocycles. The molecule has 2 saturated heterocycles. The van der Waals surface area contributed by atoms with Crippen LogP contribution in [0.2, 0.25) is 0 Å². The number of carbonyl (C=O) groups excluding carboxylic acids is 1. The molecule has 0 unspecified atom stereocenters. The topological polar surface area (TPSA) is 85.3 Å². The Bertz CT molecular complexity index is 838. The number of amides is 1. The van der Waals surface area contributed by atoms with Gasteiger partial charge in [-0.2, -0.15) is 4.99 Å². The van der Waals surface area contributed by atoms with Gasteiger partial charge in [0.1, 0.15) is 0 Å². The van der Waals surface area contributed by atoms with Crippen LogP contribution in [0.5, 0.6) is 11.5 Å². The average molecular weight is 399 g/mol. The van der Waals surface area contributed by atoms with Crippen LogP contribution in [0.1, 0.15) is 12.5 Å². The van der Waals surface area contributed by atoms with Crippen molar-refractivity contribution in [2.75, 3.05) is 32.3 Å². The molecule has 0 saturated carbocycles. The minimum Gasteiger partial charge on any atom is -0.493 e. The average Bonchev–Trinajstić information content (AvgIpc) is 3.04. The Morgan fingerprint density at radius 3 is 2.65 bits per heavy atom. The van der Waals surface area contributed by atoms with E-state index >= 15 is 0 Å². The highest BCUT2D eigenvalue weighted by Gasteiger charge is 2.48. The van der Waals surface area contributed by atoms with Crippen LogP contribution in [0, 0.1) is 0 Å². The molecule has 142 valence electrons. The lowest BCUT2D eigenvalue weighted by molar-refractivity contribution is -0.117. The van der Waals surface area contributed by atoms with Crippen molar-refractivity contribution in [1.29, 1.82) is 0 Å². The molecule has 1 aromatic carbocycles. The van der Waals surface area contributed by atoms with E-state index in [-0.39, 0.29) is 35.1 Å². The smallest absolute Gasteiger partial charge is 0.252 e. The first-order valence-corrected chi connectivity index (χ1v) is 11.0. The number of ether oxygens (including phenoxy) is 2. The number of fused-ring (bicyclic) bond motifs is 1. The zero-order valence-corrected chi connectivity index (χ0v) is 16.6. The monoisotopic (exact) mass is 398 g/mol. The molecule has 2 fully saturated rings. The summed E-state index contributed by atoms with van der Waals surface area (Å²) in [7, 11) is 0.113. The number of aliphatic imine (C=N–C) groups is 1. The van der Waals surface area contributed by atoms with Gasteiger partial charge < -0.3 is 14.4 Å². The number of nitrogens with zero attached hydrogens (tertiary/aromatic N) is 2. The highest BCUT2D eigenvalue weighted by atomic mass is 32.2. The molecular formula is C17H22N2O5S2. The minimum absolute atomic E-state index is 0.0346. The van der Waals surface area contributed by atoms with Crippen molar-refractivity contribution in [2.45, 2.75) is 24.6 Å². The third-order valence-electron chi connectivity index (χ3n) is 4.54. The lowest BCUT2D eigenvalue weighted by Crippen LogP contribution is -2.37. The van der Waals surface area contributed by atoms with Gasteiger partial charge in [0.25, 0.3) is 5.91 Å². The molecule has 0 radical (unpaired) electrons. The van der Waals surface area contributed by atoms with Crippen LogP contribution in [0.3, 0.4) is 0 Å². The van der Waals surface area contributed by atoms with E-state index in [4.69, 9.17) is 9.47 Å². The molecule has 7 nitrogen and oxygen atoms in total. The summed E-state index contributed by atoms with van der Waals surface area (Å²) in [5.41, 5.74) is 0.783. The van der Waals surface area contributed by atoms with Crippen LogP contribution < -0.4 is 9.47 Å². The Labute approximate surface area is 157 Å². The molecule has 1 aromatic rings. The van der Waals surface area contributed by atoms with Gasteiger partial charge in [0, 0.05) is 11.8 Å². The van der Waals surface area contributed by atoms with Gasteiger partial charge in [0.05, 0.1) is 38.2 Å². The number of amidine groups is 1. The van der Waals surface area contributed by atoms with Crippen molar-refractivity contribution in [2.24, 2.45) is 4.99 Å². The number of methoxy groups -OCH3 is 2. The number of sulfone groups is 1. The summed E-state index contributed by atoms with van der Waals surface area (Å²) >= 11 is 1.40. The Kier molecular flexibility index (Phi) is 5.47. The fraction of sp³-hybridized carbons (Fsp3) is 0.529. The fourth-order valence-corrected chi connectivity index (χ4v) is 7.35. The summed E-state index contributed by atoms with van der Waals surface area (Å²) in [4.78, 5) is 18.6. The summed E-state index contributed by atoms with van der Waals surface area (Å²) in [5.74, 6) is 1.20. The van der Waals surface area contributed by atoms with E-state index in [1.807, 2.05) is 11.8 Å². The van der Waals surface area contributed by atoms with Gasteiger partial charge in [0.15, 0.2) is 26.5 Å². The van der Waals surface area contributed by atoms with Crippen LogP contribution >= 0.6 is 11.8 Å². The number of rotatable bonds is 5. The van der Waals surface area contributed by atoms with Gasteiger partial charge in [-0.3, -0.25) is 4.79 Å². The maximum Gasteiger partial charge on any atom is 0.252 e. The quantitative estimate of drug-likeness (QED) is 0.740. The largest absolute Gasteiger partial charge is 0.493 e. The summed E-state index contributed by atoms with van der Waals surface area (Å²) in [6.45, 7) is 2.58. The summed E-state index contributed by atoms with van der Waals surface area (Å²) < 4.78 is 34.1. The fourth-order valence-electron chi connectivity index (χ4n) is 3.32. The molecule has 0 spiro atoms. The third-order valence-corrected chi connectivity index (χ3v) is 7.79. The van der Waals surface area contributed by atoms with Crippen LogP contribution in [0.4, 0.5) is 0 Å². The van der Waals surface area contributed by atoms with E-state index in [2.05, 4.69) is 4.99 Å². The summed E-state index contributed by atoms with van der Waals surface area (Å²) in [6, 6.07) is 5.24. The molecule has 0 aromatic heterocycles. The lowest BCUT2D eigenvalue weighted by Gasteiger charge is -2.22. The van der Waals surface area contributed by atoms with Crippen molar-refractivity contribution in [1.82, 2.24) is 4.90 Å². The predicted molar refractivity (Wildman–Crippen MR) is 102 cm³/mol. The first kappa shape index (κ1) is 19.0. The van der Waals surface area contributed by atoms with Crippen molar-refractivity contribution >= 4 is 32.7 Å². The molecule has 26 heavy (non-hydrogen) atoms. The second kappa shape index (κ2) is 7.48. The number of hydrogen-bond donors (Lipinski definition) is 0. The van der Waals surface area contributed by atoms with E-state index in [1.165, 1.54) is 11.8 Å². The van der Waals surface area contributed by atoms with Gasteiger partial charge in [-0.1, -0.05) is 17.8 Å². The predicted octanol–water partition coefficient (Wildman–Crippen LogP) is 1.36. The summed E-state index contributed by atoms with van der Waals surface area (Å²) in [6.07, 6.45) is 0.148. The highest BCUT2D eigenvalue weighted by Crippen LogP contribution is 2.38. The zero-order chi connectivity index (χ0) is 18.9. The summed E-state index contributed by atoms with van der Waals surface area (Å²) in [5, 5.41) is 0.593. The number of thioether (sulfide) groups is 1. The molecular weight excluding hydrogens is 376 g/mol. The van der Waals surface area contributed by atoms with Crippen molar-refractivity contribution < 1.29 is 22.7 Å². The van der Waals surface area contributed by atoms with Crippen LogP contribution in [-0.4, -0.2) is 68.0 Å². The number of benzene rings is 1. The second-order valence-electron chi connectivity index (χ2n) is 6.24. The minimum atomic E-state index is -2.99. The van der Waals surface area contributed by atoms with E-state index in [0.29, 0.717) is 23.2 Å². The Hall–Kier alpha value is -1.74. The lowest BCUT2D eigenvalue weighted by atomic mass is 10.1. The van der Waals surface area contributed by atoms with Crippen LogP contribution in [-0.2, 0) is 21.1 Å². The van der Waals surface area contributed by atoms with Gasteiger partial charge in [-0.15, -0.1) is 0 Å². The SMILES string of the molecule is CCN1C(=NC(=O)Cc2ccc(OC)c(OC)c2)S[C@@H]2CS(=O)(=O)C[C@@H]21. The Balaban J connectivity index is 1.73. The maximum atomic E-state index is 12.4. The van der Waals surface area contributed by atoms with Crippen molar-refractivity contribution in [3.63, 3.8) is 0 Å². The van der Waals surface area contributed by atoms with Gasteiger partial charge in [0.2, 0.25) is 0 Å². The normalized spacial score (nSPS) is 25.3. The zero-order valence-electron chi connectivity index (χ0n) is 15.0. The Morgan fingerprint density at radius 2 is 2.00 bits per heavy atom. The standard InChI is InChI=1S/C17H22N2O5S2/c1-4-19-12-9-26(21,22)10-15(12)25-17(19)18-16(20)8-11-5-6-13(23-2)14(7-11)24-3/h5-7,12,15H,4,8-10H2,1-3H3/t12-,15+/m0/s1. The highest BCUT2D eigenvalue weighted by molar-refractivity contribution is 8.15. The third kappa shape index (κ3) is 3.83. The van der Waals surface area contributed by atoms with E-state index in [0.717, 1.165) is 5.56 Å². The molecule has 9 heteroatoms. The molecule has 2 aliphatic heterocycles. The van der Waals surface area contributed by atoms with Crippen molar-refractivity contribution in [3.05, 3.63) is 23.8 Å².